The molecule has 7 heteroatoms. The van der Waals surface area contributed by atoms with Gasteiger partial charge < -0.3 is 4.57 Å². The first-order valence-electron chi connectivity index (χ1n) is 7.42. The Morgan fingerprint density at radius 2 is 2.32 bits per heavy atom. The molecule has 0 spiro atoms. The second-order valence-electron chi connectivity index (χ2n) is 5.78. The van der Waals surface area contributed by atoms with E-state index >= 15 is 0 Å². The Bertz CT molecular complexity index is 644. The van der Waals surface area contributed by atoms with Crippen molar-refractivity contribution in [3.05, 3.63) is 53.3 Å². The monoisotopic (exact) mass is 314 g/mol. The maximum atomic E-state index is 4.52. The van der Waals surface area contributed by atoms with Crippen molar-refractivity contribution < 1.29 is 0 Å². The van der Waals surface area contributed by atoms with Crippen molar-refractivity contribution in [3.8, 4) is 0 Å². The zero-order chi connectivity index (χ0) is 14.8. The molecule has 4 heterocycles. The van der Waals surface area contributed by atoms with Crippen molar-refractivity contribution >= 4 is 11.3 Å². The molecule has 0 aromatic carbocycles. The van der Waals surface area contributed by atoms with Crippen molar-refractivity contribution in [3.63, 3.8) is 0 Å². The Kier molecular flexibility index (Phi) is 3.74. The van der Waals surface area contributed by atoms with Gasteiger partial charge in [-0.15, -0.1) is 0 Å². The van der Waals surface area contributed by atoms with Gasteiger partial charge in [0.15, 0.2) is 0 Å². The first-order valence-corrected chi connectivity index (χ1v) is 8.37. The normalized spacial score (nSPS) is 19.0. The summed E-state index contributed by atoms with van der Waals surface area (Å²) in [6.45, 7) is 4.78. The number of hydrogen-bond donors (Lipinski definition) is 0. The molecule has 0 bridgehead atoms. The average Bonchev–Trinajstić information content (AvgIpc) is 3.22. The molecule has 0 radical (unpaired) electrons. The lowest BCUT2D eigenvalue weighted by Gasteiger charge is -2.23. The van der Waals surface area contributed by atoms with Gasteiger partial charge >= 0.3 is 0 Å². The third-order valence-corrected chi connectivity index (χ3v) is 4.77. The smallest absolute Gasteiger partial charge is 0.137 e. The van der Waals surface area contributed by atoms with Crippen LogP contribution in [0.3, 0.4) is 0 Å². The number of hydrogen-bond acceptors (Lipinski definition) is 5. The molecule has 1 aliphatic rings. The summed E-state index contributed by atoms with van der Waals surface area (Å²) in [6.07, 6.45) is 7.37. The molecule has 1 aliphatic heterocycles. The molecular formula is C15H18N6S. The molecule has 6 nitrogen and oxygen atoms in total. The molecule has 0 fully saturated rings. The van der Waals surface area contributed by atoms with E-state index in [1.807, 2.05) is 10.9 Å². The van der Waals surface area contributed by atoms with Crippen molar-refractivity contribution in [1.29, 1.82) is 0 Å². The lowest BCUT2D eigenvalue weighted by atomic mass is 10.1. The number of imidazole rings is 1. The van der Waals surface area contributed by atoms with Gasteiger partial charge in [-0.2, -0.15) is 16.4 Å². The summed E-state index contributed by atoms with van der Waals surface area (Å²) in [5.41, 5.74) is 1.38. The summed E-state index contributed by atoms with van der Waals surface area (Å²) in [4.78, 5) is 11.0. The Labute approximate surface area is 133 Å². The molecule has 114 valence electrons. The fraction of sp³-hybridized carbons (Fsp3) is 0.400. The van der Waals surface area contributed by atoms with E-state index in [2.05, 4.69) is 47.6 Å². The standard InChI is InChI=1S/C15H18N6S/c1-4-22-10-13(1)5-19-6-14(8-21-12-16-11-18-21)7-20-3-2-17-15(20)9-19/h1-4,10-12,14H,5-9H2/t14-/m1/s1. The first kappa shape index (κ1) is 13.7. The zero-order valence-electron chi connectivity index (χ0n) is 12.2. The molecular weight excluding hydrogens is 296 g/mol. The van der Waals surface area contributed by atoms with E-state index in [1.54, 1.807) is 24.0 Å². The van der Waals surface area contributed by atoms with E-state index in [0.29, 0.717) is 5.92 Å². The molecule has 0 saturated carbocycles. The Morgan fingerprint density at radius 1 is 1.32 bits per heavy atom. The predicted octanol–water partition coefficient (Wildman–Crippen LogP) is 1.87. The highest BCUT2D eigenvalue weighted by Crippen LogP contribution is 2.19. The third-order valence-electron chi connectivity index (χ3n) is 4.04. The van der Waals surface area contributed by atoms with Gasteiger partial charge in [0, 0.05) is 44.5 Å². The summed E-state index contributed by atoms with van der Waals surface area (Å²) < 4.78 is 4.20. The number of aromatic nitrogens is 5. The number of rotatable bonds is 4. The van der Waals surface area contributed by atoms with Crippen molar-refractivity contribution in [2.24, 2.45) is 5.92 Å². The largest absolute Gasteiger partial charge is 0.333 e. The van der Waals surface area contributed by atoms with Crippen molar-refractivity contribution in [2.75, 3.05) is 6.54 Å². The quantitative estimate of drug-likeness (QED) is 0.738. The van der Waals surface area contributed by atoms with Gasteiger partial charge in [0.1, 0.15) is 18.5 Å². The highest BCUT2D eigenvalue weighted by Gasteiger charge is 2.23. The van der Waals surface area contributed by atoms with Crippen LogP contribution in [0.25, 0.3) is 0 Å². The van der Waals surface area contributed by atoms with E-state index in [0.717, 1.165) is 38.5 Å². The lowest BCUT2D eigenvalue weighted by molar-refractivity contribution is 0.205. The molecule has 1 atom stereocenters. The van der Waals surface area contributed by atoms with Gasteiger partial charge in [-0.25, -0.2) is 9.97 Å². The molecule has 0 aliphatic carbocycles. The van der Waals surface area contributed by atoms with Crippen molar-refractivity contribution in [1.82, 2.24) is 29.2 Å². The fourth-order valence-electron chi connectivity index (χ4n) is 3.09. The number of nitrogens with zero attached hydrogens (tertiary/aromatic N) is 6. The second-order valence-corrected chi connectivity index (χ2v) is 6.56. The Hall–Kier alpha value is -1.99. The molecule has 0 amide bonds. The topological polar surface area (TPSA) is 51.8 Å². The summed E-state index contributed by atoms with van der Waals surface area (Å²) >= 11 is 1.76. The van der Waals surface area contributed by atoms with E-state index in [4.69, 9.17) is 0 Å². The number of thiophene rings is 1. The van der Waals surface area contributed by atoms with E-state index in [-0.39, 0.29) is 0 Å². The summed E-state index contributed by atoms with van der Waals surface area (Å²) in [7, 11) is 0. The van der Waals surface area contributed by atoms with Gasteiger partial charge in [0.25, 0.3) is 0 Å². The van der Waals surface area contributed by atoms with E-state index in [1.165, 1.54) is 5.56 Å². The highest BCUT2D eigenvalue weighted by molar-refractivity contribution is 7.07. The van der Waals surface area contributed by atoms with Gasteiger partial charge in [0.2, 0.25) is 0 Å². The Morgan fingerprint density at radius 3 is 3.14 bits per heavy atom. The van der Waals surface area contributed by atoms with Gasteiger partial charge in [-0.05, 0) is 22.4 Å². The molecule has 4 rings (SSSR count). The van der Waals surface area contributed by atoms with Gasteiger partial charge in [0.05, 0.1) is 6.54 Å². The molecule has 0 unspecified atom stereocenters. The summed E-state index contributed by atoms with van der Waals surface area (Å²) in [5.74, 6) is 1.65. The van der Waals surface area contributed by atoms with Crippen LogP contribution in [-0.2, 0) is 26.2 Å². The first-order chi connectivity index (χ1) is 10.9. The lowest BCUT2D eigenvalue weighted by Crippen LogP contribution is -2.30. The average molecular weight is 314 g/mol. The van der Waals surface area contributed by atoms with Crippen LogP contribution in [0.1, 0.15) is 11.4 Å². The van der Waals surface area contributed by atoms with Gasteiger partial charge in [-0.3, -0.25) is 9.58 Å². The minimum atomic E-state index is 0.496. The van der Waals surface area contributed by atoms with E-state index in [9.17, 15) is 0 Å². The van der Waals surface area contributed by atoms with Crippen LogP contribution in [-0.4, -0.2) is 35.8 Å². The molecule has 0 N–H and O–H groups in total. The fourth-order valence-corrected chi connectivity index (χ4v) is 3.75. The predicted molar refractivity (Wildman–Crippen MR) is 84.2 cm³/mol. The van der Waals surface area contributed by atoms with Crippen LogP contribution >= 0.6 is 11.3 Å². The van der Waals surface area contributed by atoms with Crippen molar-refractivity contribution in [2.45, 2.75) is 26.2 Å². The molecule has 22 heavy (non-hydrogen) atoms. The third kappa shape index (κ3) is 2.95. The summed E-state index contributed by atoms with van der Waals surface area (Å²) in [6, 6.07) is 2.20. The molecule has 3 aromatic heterocycles. The van der Waals surface area contributed by atoms with Gasteiger partial charge in [-0.1, -0.05) is 0 Å². The minimum Gasteiger partial charge on any atom is -0.333 e. The van der Waals surface area contributed by atoms with Crippen LogP contribution in [0, 0.1) is 5.92 Å². The molecule has 0 saturated heterocycles. The second kappa shape index (κ2) is 6.02. The highest BCUT2D eigenvalue weighted by atomic mass is 32.1. The Balaban J connectivity index is 1.54. The van der Waals surface area contributed by atoms with Crippen LogP contribution < -0.4 is 0 Å². The van der Waals surface area contributed by atoms with Crippen LogP contribution in [0.15, 0.2) is 41.9 Å². The van der Waals surface area contributed by atoms with Crippen LogP contribution in [0.2, 0.25) is 0 Å². The van der Waals surface area contributed by atoms with Crippen LogP contribution in [0.5, 0.6) is 0 Å². The maximum Gasteiger partial charge on any atom is 0.137 e. The molecule has 3 aromatic rings. The number of fused-ring (bicyclic) bond motifs is 1. The minimum absolute atomic E-state index is 0.496. The summed E-state index contributed by atoms with van der Waals surface area (Å²) in [5, 5.41) is 8.62. The van der Waals surface area contributed by atoms with Crippen LogP contribution in [0.4, 0.5) is 0 Å². The SMILES string of the molecule is c1cn2c(n1)CN(Cc1ccsc1)C[C@@H](Cn1cncn1)C2. The zero-order valence-corrected chi connectivity index (χ0v) is 13.1. The maximum absolute atomic E-state index is 4.52. The van der Waals surface area contributed by atoms with E-state index < -0.39 is 0 Å².